The zero-order valence-corrected chi connectivity index (χ0v) is 19.2. The Balaban J connectivity index is 2.05. The Kier molecular flexibility index (Phi) is 8.89. The van der Waals surface area contributed by atoms with Crippen LogP contribution in [0.3, 0.4) is 0 Å². The van der Waals surface area contributed by atoms with Crippen LogP contribution in [0.25, 0.3) is 0 Å². The minimum atomic E-state index is 0.0514. The third-order valence-corrected chi connectivity index (χ3v) is 4.71. The molecule has 0 saturated heterocycles. The first-order valence-electron chi connectivity index (χ1n) is 10.7. The number of rotatable bonds is 9. The molecule has 0 bridgehead atoms. The summed E-state index contributed by atoms with van der Waals surface area (Å²) in [6.45, 7) is 10.5. The number of aliphatic imine (C=N–C) groups is 1. The minimum absolute atomic E-state index is 0.0514. The Morgan fingerprint density at radius 1 is 1.23 bits per heavy atom. The second-order valence-corrected chi connectivity index (χ2v) is 7.89. The summed E-state index contributed by atoms with van der Waals surface area (Å²) in [5.41, 5.74) is 4.26. The monoisotopic (exact) mass is 412 g/mol. The van der Waals surface area contributed by atoms with E-state index in [1.807, 2.05) is 50.0 Å². The summed E-state index contributed by atoms with van der Waals surface area (Å²) in [6, 6.07) is 7.87. The maximum absolute atomic E-state index is 11.7. The average Bonchev–Trinajstić information content (AvgIpc) is 3.06. The van der Waals surface area contributed by atoms with Crippen molar-refractivity contribution in [1.82, 2.24) is 20.0 Å². The number of carbonyl (C=O) groups is 1. The van der Waals surface area contributed by atoms with Crippen molar-refractivity contribution in [3.63, 3.8) is 0 Å². The molecule has 1 aromatic heterocycles. The van der Waals surface area contributed by atoms with E-state index in [9.17, 15) is 4.79 Å². The van der Waals surface area contributed by atoms with Gasteiger partial charge in [0.05, 0.1) is 12.2 Å². The lowest BCUT2D eigenvalue weighted by atomic mass is 10.1. The van der Waals surface area contributed by atoms with Gasteiger partial charge in [-0.15, -0.1) is 0 Å². The van der Waals surface area contributed by atoms with Crippen molar-refractivity contribution in [1.29, 1.82) is 0 Å². The largest absolute Gasteiger partial charge is 0.357 e. The molecule has 0 atom stereocenters. The third-order valence-electron chi connectivity index (χ3n) is 4.71. The number of hydrogen-bond acceptors (Lipinski definition) is 3. The Morgan fingerprint density at radius 3 is 2.53 bits per heavy atom. The number of nitrogens with zero attached hydrogens (tertiary/aromatic N) is 4. The topological polar surface area (TPSA) is 74.6 Å². The molecule has 164 valence electrons. The van der Waals surface area contributed by atoms with Gasteiger partial charge in [-0.2, -0.15) is 5.10 Å². The number of nitrogens with one attached hydrogen (secondary N) is 2. The fourth-order valence-corrected chi connectivity index (χ4v) is 3.27. The van der Waals surface area contributed by atoms with Gasteiger partial charge in [0, 0.05) is 51.1 Å². The summed E-state index contributed by atoms with van der Waals surface area (Å²) in [5.74, 6) is 1.29. The molecular weight excluding hydrogens is 376 g/mol. The molecule has 2 N–H and O–H groups in total. The van der Waals surface area contributed by atoms with Gasteiger partial charge in [0.25, 0.3) is 0 Å². The fraction of sp³-hybridized carbons (Fsp3) is 0.522. The van der Waals surface area contributed by atoms with Crippen LogP contribution in [-0.2, 0) is 24.9 Å². The molecule has 0 unspecified atom stereocenters. The number of carbonyl (C=O) groups excluding carboxylic acids is 1. The molecule has 0 fully saturated rings. The van der Waals surface area contributed by atoms with E-state index in [4.69, 9.17) is 4.99 Å². The lowest BCUT2D eigenvalue weighted by molar-refractivity contribution is -0.116. The number of guanidine groups is 1. The standard InChI is InChI=1S/C23H36N6O/c1-7-9-21(30)26-20-12-10-18(11-13-20)14-25-23(24-8-2)28(5)15-19-16-29(6)27-22(19)17(3)4/h10-13,16-17H,7-9,14-15H2,1-6H3,(H,24,25)(H,26,30). The third kappa shape index (κ3) is 6.90. The molecule has 0 saturated carbocycles. The Bertz CT molecular complexity index is 838. The first-order chi connectivity index (χ1) is 14.3. The average molecular weight is 413 g/mol. The zero-order valence-electron chi connectivity index (χ0n) is 19.2. The highest BCUT2D eigenvalue weighted by atomic mass is 16.1. The molecule has 0 aliphatic carbocycles. The van der Waals surface area contributed by atoms with E-state index in [0.717, 1.165) is 42.4 Å². The molecule has 7 heteroatoms. The van der Waals surface area contributed by atoms with E-state index in [2.05, 4.69) is 47.6 Å². The van der Waals surface area contributed by atoms with Gasteiger partial charge < -0.3 is 15.5 Å². The predicted molar refractivity (Wildman–Crippen MR) is 124 cm³/mol. The maximum Gasteiger partial charge on any atom is 0.224 e. The van der Waals surface area contributed by atoms with Crippen LogP contribution in [0, 0.1) is 0 Å². The van der Waals surface area contributed by atoms with E-state index in [0.29, 0.717) is 18.9 Å². The van der Waals surface area contributed by atoms with Crippen molar-refractivity contribution in [3.8, 4) is 0 Å². The van der Waals surface area contributed by atoms with E-state index < -0.39 is 0 Å². The number of hydrogen-bond donors (Lipinski definition) is 2. The van der Waals surface area contributed by atoms with Crippen molar-refractivity contribution < 1.29 is 4.79 Å². The summed E-state index contributed by atoms with van der Waals surface area (Å²) in [5, 5.41) is 10.9. The van der Waals surface area contributed by atoms with Crippen LogP contribution >= 0.6 is 0 Å². The predicted octanol–water partition coefficient (Wildman–Crippen LogP) is 3.88. The Hall–Kier alpha value is -2.83. The molecule has 30 heavy (non-hydrogen) atoms. The van der Waals surface area contributed by atoms with E-state index >= 15 is 0 Å². The molecule has 1 aromatic carbocycles. The van der Waals surface area contributed by atoms with E-state index in [1.54, 1.807) is 0 Å². The zero-order chi connectivity index (χ0) is 22.1. The van der Waals surface area contributed by atoms with Crippen LogP contribution in [-0.4, -0.2) is 40.1 Å². The minimum Gasteiger partial charge on any atom is -0.357 e. The number of aryl methyl sites for hydroxylation is 1. The van der Waals surface area contributed by atoms with Gasteiger partial charge in [-0.3, -0.25) is 9.48 Å². The van der Waals surface area contributed by atoms with Crippen molar-refractivity contribution in [2.24, 2.45) is 12.0 Å². The highest BCUT2D eigenvalue weighted by Crippen LogP contribution is 2.18. The molecule has 1 amide bonds. The van der Waals surface area contributed by atoms with Crippen LogP contribution < -0.4 is 10.6 Å². The number of amides is 1. The van der Waals surface area contributed by atoms with E-state index in [-0.39, 0.29) is 5.91 Å². The van der Waals surface area contributed by atoms with Crippen molar-refractivity contribution in [2.45, 2.75) is 59.5 Å². The molecule has 0 aliphatic heterocycles. The highest BCUT2D eigenvalue weighted by molar-refractivity contribution is 5.90. The normalized spacial score (nSPS) is 11.6. The Morgan fingerprint density at radius 2 is 1.93 bits per heavy atom. The fourth-order valence-electron chi connectivity index (χ4n) is 3.27. The molecule has 0 aliphatic rings. The van der Waals surface area contributed by atoms with Crippen molar-refractivity contribution in [3.05, 3.63) is 47.3 Å². The molecule has 0 spiro atoms. The highest BCUT2D eigenvalue weighted by Gasteiger charge is 2.15. The second-order valence-electron chi connectivity index (χ2n) is 7.89. The molecule has 2 aromatic rings. The van der Waals surface area contributed by atoms with Gasteiger partial charge in [-0.25, -0.2) is 4.99 Å². The maximum atomic E-state index is 11.7. The van der Waals surface area contributed by atoms with Crippen LogP contribution in [0.15, 0.2) is 35.5 Å². The summed E-state index contributed by atoms with van der Waals surface area (Å²) >= 11 is 0. The van der Waals surface area contributed by atoms with Crippen molar-refractivity contribution >= 4 is 17.6 Å². The first kappa shape index (κ1) is 23.4. The number of aromatic nitrogens is 2. The summed E-state index contributed by atoms with van der Waals surface area (Å²) in [7, 11) is 4.01. The summed E-state index contributed by atoms with van der Waals surface area (Å²) in [6.07, 6.45) is 3.47. The van der Waals surface area contributed by atoms with Gasteiger partial charge in [0.1, 0.15) is 0 Å². The molecule has 2 rings (SSSR count). The number of benzene rings is 1. The van der Waals surface area contributed by atoms with Crippen LogP contribution in [0.1, 0.15) is 63.3 Å². The van der Waals surface area contributed by atoms with Gasteiger partial charge in [-0.1, -0.05) is 32.9 Å². The van der Waals surface area contributed by atoms with Gasteiger partial charge in [0.15, 0.2) is 5.96 Å². The molecule has 1 heterocycles. The SMILES string of the molecule is CCCC(=O)Nc1ccc(CN=C(NCC)N(C)Cc2cn(C)nc2C(C)C)cc1. The van der Waals surface area contributed by atoms with Gasteiger partial charge in [0.2, 0.25) is 5.91 Å². The van der Waals surface area contributed by atoms with E-state index in [1.165, 1.54) is 5.56 Å². The van der Waals surface area contributed by atoms with Crippen LogP contribution in [0.4, 0.5) is 5.69 Å². The quantitative estimate of drug-likeness (QED) is 0.484. The molecule has 7 nitrogen and oxygen atoms in total. The summed E-state index contributed by atoms with van der Waals surface area (Å²) < 4.78 is 1.88. The van der Waals surface area contributed by atoms with Crippen LogP contribution in [0.2, 0.25) is 0 Å². The first-order valence-corrected chi connectivity index (χ1v) is 10.7. The molecular formula is C23H36N6O. The van der Waals surface area contributed by atoms with Gasteiger partial charge in [-0.05, 0) is 37.0 Å². The lowest BCUT2D eigenvalue weighted by Crippen LogP contribution is -2.38. The second kappa shape index (κ2) is 11.4. The Labute approximate surface area is 180 Å². The van der Waals surface area contributed by atoms with Gasteiger partial charge >= 0.3 is 0 Å². The van der Waals surface area contributed by atoms with Crippen molar-refractivity contribution in [2.75, 3.05) is 18.9 Å². The number of anilines is 1. The molecule has 0 radical (unpaired) electrons. The smallest absolute Gasteiger partial charge is 0.224 e. The lowest BCUT2D eigenvalue weighted by Gasteiger charge is -2.22. The summed E-state index contributed by atoms with van der Waals surface area (Å²) in [4.78, 5) is 18.7. The van der Waals surface area contributed by atoms with Crippen LogP contribution in [0.5, 0.6) is 0 Å².